The largest absolute Gasteiger partial charge is 0.371 e. The highest BCUT2D eigenvalue weighted by molar-refractivity contribution is 14.0. The quantitative estimate of drug-likeness (QED) is 0.304. The average Bonchev–Trinajstić information content (AvgIpc) is 3.12. The van der Waals surface area contributed by atoms with Crippen LogP contribution in [0, 0.1) is 0 Å². The van der Waals surface area contributed by atoms with Gasteiger partial charge >= 0.3 is 0 Å². The van der Waals surface area contributed by atoms with E-state index in [1.165, 1.54) is 11.1 Å². The standard InChI is InChI=1S/C21H34N6O.HI/c1-6-19-26-25-16-27(19)12-11-23-20(22-7-2)24-14-17-9-8-10-18(13-17)15-28-21(3,4)5;/h8-10,13,16H,6-7,11-12,14-15H2,1-5H3,(H2,22,23,24);1H. The first-order valence-electron chi connectivity index (χ1n) is 10.0. The molecular formula is C21H35IN6O. The van der Waals surface area contributed by atoms with E-state index in [0.717, 1.165) is 37.8 Å². The molecule has 1 aromatic heterocycles. The van der Waals surface area contributed by atoms with E-state index in [1.807, 2.05) is 0 Å². The second-order valence-corrected chi connectivity index (χ2v) is 7.64. The van der Waals surface area contributed by atoms with E-state index in [4.69, 9.17) is 9.73 Å². The molecule has 0 saturated heterocycles. The minimum Gasteiger partial charge on any atom is -0.371 e. The van der Waals surface area contributed by atoms with Crippen molar-refractivity contribution in [2.45, 2.75) is 66.3 Å². The Balaban J connectivity index is 0.00000420. The third-order valence-electron chi connectivity index (χ3n) is 4.08. The number of aromatic nitrogens is 3. The summed E-state index contributed by atoms with van der Waals surface area (Å²) < 4.78 is 7.93. The number of aliphatic imine (C=N–C) groups is 1. The van der Waals surface area contributed by atoms with E-state index in [-0.39, 0.29) is 29.6 Å². The number of aryl methyl sites for hydroxylation is 1. The normalized spacial score (nSPS) is 11.8. The molecule has 0 aliphatic heterocycles. The first-order chi connectivity index (χ1) is 13.4. The van der Waals surface area contributed by atoms with Gasteiger partial charge in [0, 0.05) is 26.1 Å². The number of hydrogen-bond donors (Lipinski definition) is 2. The fourth-order valence-electron chi connectivity index (χ4n) is 2.66. The van der Waals surface area contributed by atoms with Crippen molar-refractivity contribution in [3.05, 3.63) is 47.5 Å². The Labute approximate surface area is 191 Å². The Morgan fingerprint density at radius 2 is 1.93 bits per heavy atom. The molecule has 0 unspecified atom stereocenters. The summed E-state index contributed by atoms with van der Waals surface area (Å²) in [5, 5.41) is 14.8. The second kappa shape index (κ2) is 12.8. The van der Waals surface area contributed by atoms with Crippen molar-refractivity contribution in [2.75, 3.05) is 13.1 Å². The molecule has 162 valence electrons. The molecule has 0 spiro atoms. The SMILES string of the molecule is CCNC(=NCc1cccc(COC(C)(C)C)c1)NCCn1cnnc1CC.I. The van der Waals surface area contributed by atoms with Gasteiger partial charge in [-0.2, -0.15) is 0 Å². The molecule has 0 saturated carbocycles. The van der Waals surface area contributed by atoms with Crippen LogP contribution in [0.5, 0.6) is 0 Å². The molecule has 0 amide bonds. The van der Waals surface area contributed by atoms with Crippen LogP contribution in [-0.2, 0) is 30.9 Å². The van der Waals surface area contributed by atoms with Gasteiger partial charge in [-0.25, -0.2) is 4.99 Å². The number of halogens is 1. The zero-order valence-corrected chi connectivity index (χ0v) is 20.6. The van der Waals surface area contributed by atoms with E-state index in [2.05, 4.69) is 84.3 Å². The molecule has 7 nitrogen and oxygen atoms in total. The van der Waals surface area contributed by atoms with Gasteiger partial charge < -0.3 is 19.9 Å². The van der Waals surface area contributed by atoms with Crippen molar-refractivity contribution in [3.8, 4) is 0 Å². The molecule has 0 bridgehead atoms. The Hall–Kier alpha value is -1.68. The number of nitrogens with zero attached hydrogens (tertiary/aromatic N) is 4. The lowest BCUT2D eigenvalue weighted by Crippen LogP contribution is -2.38. The summed E-state index contributed by atoms with van der Waals surface area (Å²) >= 11 is 0. The first-order valence-corrected chi connectivity index (χ1v) is 10.0. The highest BCUT2D eigenvalue weighted by Crippen LogP contribution is 2.13. The predicted octanol–water partition coefficient (Wildman–Crippen LogP) is 3.53. The minimum absolute atomic E-state index is 0. The monoisotopic (exact) mass is 514 g/mol. The van der Waals surface area contributed by atoms with E-state index < -0.39 is 0 Å². The third kappa shape index (κ3) is 9.58. The van der Waals surface area contributed by atoms with Gasteiger partial charge in [0.2, 0.25) is 0 Å². The lowest BCUT2D eigenvalue weighted by Gasteiger charge is -2.19. The summed E-state index contributed by atoms with van der Waals surface area (Å²) in [5.41, 5.74) is 2.19. The van der Waals surface area contributed by atoms with Gasteiger partial charge in [0.25, 0.3) is 0 Å². The van der Waals surface area contributed by atoms with Crippen molar-refractivity contribution in [2.24, 2.45) is 4.99 Å². The minimum atomic E-state index is -0.140. The van der Waals surface area contributed by atoms with Gasteiger partial charge in [0.1, 0.15) is 12.2 Å². The van der Waals surface area contributed by atoms with Crippen LogP contribution in [0.1, 0.15) is 51.6 Å². The Morgan fingerprint density at radius 1 is 1.17 bits per heavy atom. The van der Waals surface area contributed by atoms with Gasteiger partial charge in [0.05, 0.1) is 18.8 Å². The van der Waals surface area contributed by atoms with Crippen LogP contribution in [0.25, 0.3) is 0 Å². The number of nitrogens with one attached hydrogen (secondary N) is 2. The highest BCUT2D eigenvalue weighted by atomic mass is 127. The second-order valence-electron chi connectivity index (χ2n) is 7.64. The average molecular weight is 514 g/mol. The van der Waals surface area contributed by atoms with Crippen LogP contribution >= 0.6 is 24.0 Å². The summed E-state index contributed by atoms with van der Waals surface area (Å²) in [4.78, 5) is 4.71. The maximum absolute atomic E-state index is 5.87. The van der Waals surface area contributed by atoms with Crippen molar-refractivity contribution in [3.63, 3.8) is 0 Å². The van der Waals surface area contributed by atoms with Gasteiger partial charge in [-0.1, -0.05) is 31.2 Å². The maximum atomic E-state index is 5.87. The molecule has 0 radical (unpaired) electrons. The third-order valence-corrected chi connectivity index (χ3v) is 4.08. The molecule has 0 fully saturated rings. The number of guanidine groups is 1. The summed E-state index contributed by atoms with van der Waals surface area (Å²) in [6, 6.07) is 8.40. The van der Waals surface area contributed by atoms with Crippen LogP contribution in [0.2, 0.25) is 0 Å². The Morgan fingerprint density at radius 3 is 2.62 bits per heavy atom. The number of benzene rings is 1. The lowest BCUT2D eigenvalue weighted by atomic mass is 10.1. The summed E-state index contributed by atoms with van der Waals surface area (Å²) in [7, 11) is 0. The van der Waals surface area contributed by atoms with Gasteiger partial charge in [-0.15, -0.1) is 34.2 Å². The molecule has 8 heteroatoms. The van der Waals surface area contributed by atoms with E-state index >= 15 is 0 Å². The molecule has 1 heterocycles. The first kappa shape index (κ1) is 25.4. The Bertz CT molecular complexity index is 754. The van der Waals surface area contributed by atoms with Gasteiger partial charge in [0.15, 0.2) is 5.96 Å². The molecule has 2 N–H and O–H groups in total. The molecule has 2 aromatic rings. The Kier molecular flexibility index (Phi) is 11.2. The van der Waals surface area contributed by atoms with Crippen LogP contribution < -0.4 is 10.6 Å². The number of ether oxygens (including phenoxy) is 1. The van der Waals surface area contributed by atoms with Crippen molar-refractivity contribution < 1.29 is 4.74 Å². The van der Waals surface area contributed by atoms with Gasteiger partial charge in [-0.3, -0.25) is 0 Å². The highest BCUT2D eigenvalue weighted by Gasteiger charge is 2.10. The molecule has 2 rings (SSSR count). The summed E-state index contributed by atoms with van der Waals surface area (Å²) in [6.07, 6.45) is 2.65. The molecule has 0 aliphatic carbocycles. The summed E-state index contributed by atoms with van der Waals surface area (Å²) in [6.45, 7) is 14.0. The summed E-state index contributed by atoms with van der Waals surface area (Å²) in [5.74, 6) is 1.81. The topological polar surface area (TPSA) is 76.4 Å². The zero-order valence-electron chi connectivity index (χ0n) is 18.2. The van der Waals surface area contributed by atoms with Gasteiger partial charge in [-0.05, 0) is 38.8 Å². The van der Waals surface area contributed by atoms with Crippen LogP contribution in [0.3, 0.4) is 0 Å². The molecule has 29 heavy (non-hydrogen) atoms. The number of rotatable bonds is 9. The van der Waals surface area contributed by atoms with Crippen LogP contribution in [0.15, 0.2) is 35.6 Å². The fourth-order valence-corrected chi connectivity index (χ4v) is 2.66. The molecule has 1 aromatic carbocycles. The lowest BCUT2D eigenvalue weighted by molar-refractivity contribution is -0.0149. The van der Waals surface area contributed by atoms with Crippen molar-refractivity contribution in [1.82, 2.24) is 25.4 Å². The smallest absolute Gasteiger partial charge is 0.191 e. The maximum Gasteiger partial charge on any atom is 0.191 e. The van der Waals surface area contributed by atoms with E-state index in [0.29, 0.717) is 13.2 Å². The van der Waals surface area contributed by atoms with Crippen LogP contribution in [-0.4, -0.2) is 39.4 Å². The molecule has 0 atom stereocenters. The zero-order chi connectivity index (χ0) is 20.4. The van der Waals surface area contributed by atoms with E-state index in [9.17, 15) is 0 Å². The molecular weight excluding hydrogens is 479 g/mol. The predicted molar refractivity (Wildman–Crippen MR) is 129 cm³/mol. The fraction of sp³-hybridized carbons (Fsp3) is 0.571. The number of hydrogen-bond acceptors (Lipinski definition) is 4. The molecule has 0 aliphatic rings. The van der Waals surface area contributed by atoms with E-state index in [1.54, 1.807) is 6.33 Å². The van der Waals surface area contributed by atoms with Crippen LogP contribution in [0.4, 0.5) is 0 Å². The van der Waals surface area contributed by atoms with Crippen molar-refractivity contribution in [1.29, 1.82) is 0 Å². The van der Waals surface area contributed by atoms with Crippen molar-refractivity contribution >= 4 is 29.9 Å².